The normalized spacial score (nSPS) is 14.8. The van der Waals surface area contributed by atoms with Gasteiger partial charge in [-0.1, -0.05) is 0 Å². The van der Waals surface area contributed by atoms with Gasteiger partial charge in [0, 0.05) is 30.9 Å². The fourth-order valence-electron chi connectivity index (χ4n) is 1.94. The van der Waals surface area contributed by atoms with E-state index in [4.69, 9.17) is 4.74 Å². The highest BCUT2D eigenvalue weighted by Crippen LogP contribution is 2.23. The van der Waals surface area contributed by atoms with Gasteiger partial charge in [0.05, 0.1) is 18.1 Å². The van der Waals surface area contributed by atoms with E-state index >= 15 is 0 Å². The van der Waals surface area contributed by atoms with Crippen LogP contribution in [0.15, 0.2) is 30.7 Å². The van der Waals surface area contributed by atoms with Crippen LogP contribution >= 0.6 is 0 Å². The van der Waals surface area contributed by atoms with Crippen LogP contribution in [-0.4, -0.2) is 20.8 Å². The zero-order chi connectivity index (χ0) is 13.9. The fourth-order valence-corrected chi connectivity index (χ4v) is 1.94. The summed E-state index contributed by atoms with van der Waals surface area (Å²) in [4.78, 5) is 4.35. The Morgan fingerprint density at radius 2 is 2.25 bits per heavy atom. The van der Waals surface area contributed by atoms with E-state index in [1.807, 2.05) is 23.0 Å². The largest absolute Gasteiger partial charge is 0.454 e. The molecule has 1 saturated carbocycles. The first-order valence-electron chi connectivity index (χ1n) is 7.11. The Morgan fingerprint density at radius 3 is 2.95 bits per heavy atom. The lowest BCUT2D eigenvalue weighted by molar-refractivity contribution is 0.475. The molecule has 20 heavy (non-hydrogen) atoms. The van der Waals surface area contributed by atoms with Gasteiger partial charge in [-0.3, -0.25) is 9.67 Å². The molecule has 0 amide bonds. The lowest BCUT2D eigenvalue weighted by atomic mass is 10.3. The van der Waals surface area contributed by atoms with Crippen LogP contribution in [0.3, 0.4) is 0 Å². The van der Waals surface area contributed by atoms with Gasteiger partial charge in [0.15, 0.2) is 5.75 Å². The van der Waals surface area contributed by atoms with E-state index in [0.29, 0.717) is 12.1 Å². The maximum atomic E-state index is 5.82. The number of ether oxygens (including phenoxy) is 1. The van der Waals surface area contributed by atoms with Gasteiger partial charge >= 0.3 is 0 Å². The van der Waals surface area contributed by atoms with Crippen molar-refractivity contribution >= 4 is 0 Å². The Morgan fingerprint density at radius 1 is 1.40 bits per heavy atom. The molecule has 2 heterocycles. The van der Waals surface area contributed by atoms with Crippen molar-refractivity contribution in [1.82, 2.24) is 20.1 Å². The first kappa shape index (κ1) is 13.1. The predicted molar refractivity (Wildman–Crippen MR) is 76.8 cm³/mol. The number of aromatic nitrogens is 3. The van der Waals surface area contributed by atoms with Gasteiger partial charge in [-0.15, -0.1) is 0 Å². The van der Waals surface area contributed by atoms with Crippen LogP contribution in [0.1, 0.15) is 38.4 Å². The average Bonchev–Trinajstić information content (AvgIpc) is 3.15. The van der Waals surface area contributed by atoms with Crippen LogP contribution in [0.25, 0.3) is 0 Å². The molecule has 0 saturated heterocycles. The molecule has 1 aliphatic carbocycles. The third-order valence-corrected chi connectivity index (χ3v) is 3.28. The van der Waals surface area contributed by atoms with Crippen molar-refractivity contribution in [2.24, 2.45) is 0 Å². The number of hydrogen-bond donors (Lipinski definition) is 1. The molecule has 0 bridgehead atoms. The van der Waals surface area contributed by atoms with Crippen molar-refractivity contribution < 1.29 is 4.74 Å². The molecule has 3 rings (SSSR count). The molecular weight excluding hydrogens is 252 g/mol. The Hall–Kier alpha value is -1.88. The molecule has 0 spiro atoms. The van der Waals surface area contributed by atoms with Crippen molar-refractivity contribution in [3.63, 3.8) is 0 Å². The summed E-state index contributed by atoms with van der Waals surface area (Å²) in [6.45, 7) is 4.98. The molecule has 5 heteroatoms. The van der Waals surface area contributed by atoms with Gasteiger partial charge in [0.1, 0.15) is 5.75 Å². The highest BCUT2D eigenvalue weighted by molar-refractivity contribution is 5.28. The van der Waals surface area contributed by atoms with Gasteiger partial charge in [-0.25, -0.2) is 0 Å². The third-order valence-electron chi connectivity index (χ3n) is 3.28. The highest BCUT2D eigenvalue weighted by Gasteiger charge is 2.20. The number of nitrogens with one attached hydrogen (secondary N) is 1. The van der Waals surface area contributed by atoms with Crippen LogP contribution in [0.5, 0.6) is 11.5 Å². The maximum Gasteiger partial charge on any atom is 0.165 e. The van der Waals surface area contributed by atoms with Gasteiger partial charge in [-0.05, 0) is 32.8 Å². The molecule has 0 atom stereocenters. The van der Waals surface area contributed by atoms with E-state index in [9.17, 15) is 0 Å². The molecule has 1 aliphatic rings. The monoisotopic (exact) mass is 272 g/mol. The molecule has 106 valence electrons. The lowest BCUT2D eigenvalue weighted by Crippen LogP contribution is -2.16. The summed E-state index contributed by atoms with van der Waals surface area (Å²) in [5.74, 6) is 1.56. The highest BCUT2D eigenvalue weighted by atomic mass is 16.5. The molecule has 1 N–H and O–H groups in total. The van der Waals surface area contributed by atoms with Gasteiger partial charge in [0.2, 0.25) is 0 Å². The SMILES string of the molecule is CC(C)n1cc(Oc2ccnc(CNC3CC3)c2)cn1. The lowest BCUT2D eigenvalue weighted by Gasteiger charge is -2.06. The Labute approximate surface area is 119 Å². The minimum Gasteiger partial charge on any atom is -0.454 e. The van der Waals surface area contributed by atoms with Gasteiger partial charge < -0.3 is 10.1 Å². The van der Waals surface area contributed by atoms with E-state index in [1.54, 1.807) is 12.4 Å². The summed E-state index contributed by atoms with van der Waals surface area (Å²) in [7, 11) is 0. The summed E-state index contributed by atoms with van der Waals surface area (Å²) in [5, 5.41) is 7.71. The standard InChI is InChI=1S/C15H20N4O/c1-11(2)19-10-15(9-18-19)20-14-5-6-16-13(7-14)8-17-12-3-4-12/h5-7,9-12,17H,3-4,8H2,1-2H3. The molecule has 0 unspecified atom stereocenters. The van der Waals surface area contributed by atoms with Crippen LogP contribution in [0.2, 0.25) is 0 Å². The van der Waals surface area contributed by atoms with Gasteiger partial charge in [-0.2, -0.15) is 5.10 Å². The first-order chi connectivity index (χ1) is 9.70. The summed E-state index contributed by atoms with van der Waals surface area (Å²) in [6.07, 6.45) is 8.00. The molecule has 0 aromatic carbocycles. The molecule has 1 fully saturated rings. The summed E-state index contributed by atoms with van der Waals surface area (Å²) < 4.78 is 7.70. The zero-order valence-corrected chi connectivity index (χ0v) is 11.9. The number of rotatable bonds is 6. The number of nitrogens with zero attached hydrogens (tertiary/aromatic N) is 3. The Kier molecular flexibility index (Phi) is 3.69. The van der Waals surface area contributed by atoms with Crippen LogP contribution in [0.4, 0.5) is 0 Å². The maximum absolute atomic E-state index is 5.82. The molecule has 0 radical (unpaired) electrons. The molecule has 0 aliphatic heterocycles. The fraction of sp³-hybridized carbons (Fsp3) is 0.467. The number of hydrogen-bond acceptors (Lipinski definition) is 4. The van der Waals surface area contributed by atoms with Crippen molar-refractivity contribution in [2.75, 3.05) is 0 Å². The second kappa shape index (κ2) is 5.63. The van der Waals surface area contributed by atoms with Crippen molar-refractivity contribution in [3.8, 4) is 11.5 Å². The van der Waals surface area contributed by atoms with Crippen molar-refractivity contribution in [2.45, 2.75) is 45.3 Å². The Balaban J connectivity index is 1.64. The van der Waals surface area contributed by atoms with Crippen LogP contribution in [-0.2, 0) is 6.54 Å². The smallest absolute Gasteiger partial charge is 0.165 e. The molecule has 2 aromatic heterocycles. The second-order valence-electron chi connectivity index (χ2n) is 5.49. The van der Waals surface area contributed by atoms with E-state index in [0.717, 1.165) is 23.7 Å². The summed E-state index contributed by atoms with van der Waals surface area (Å²) in [6, 6.07) is 4.86. The predicted octanol–water partition coefficient (Wildman–Crippen LogP) is 2.90. The Bertz CT molecular complexity index is 575. The molecule has 5 nitrogen and oxygen atoms in total. The van der Waals surface area contributed by atoms with E-state index in [1.165, 1.54) is 12.8 Å². The third kappa shape index (κ3) is 3.36. The molecule has 2 aromatic rings. The topological polar surface area (TPSA) is 52.0 Å². The van der Waals surface area contributed by atoms with E-state index < -0.39 is 0 Å². The molecular formula is C15H20N4O. The second-order valence-corrected chi connectivity index (χ2v) is 5.49. The quantitative estimate of drug-likeness (QED) is 0.878. The van der Waals surface area contributed by atoms with E-state index in [2.05, 4.69) is 29.2 Å². The zero-order valence-electron chi connectivity index (χ0n) is 11.9. The van der Waals surface area contributed by atoms with Gasteiger partial charge in [0.25, 0.3) is 0 Å². The van der Waals surface area contributed by atoms with Crippen LogP contribution in [0, 0.1) is 0 Å². The van der Waals surface area contributed by atoms with E-state index in [-0.39, 0.29) is 0 Å². The first-order valence-corrected chi connectivity index (χ1v) is 7.11. The van der Waals surface area contributed by atoms with Crippen molar-refractivity contribution in [1.29, 1.82) is 0 Å². The summed E-state index contributed by atoms with van der Waals surface area (Å²) >= 11 is 0. The summed E-state index contributed by atoms with van der Waals surface area (Å²) in [5.41, 5.74) is 1.01. The minimum atomic E-state index is 0.336. The average molecular weight is 272 g/mol. The van der Waals surface area contributed by atoms with Crippen LogP contribution < -0.4 is 10.1 Å². The minimum absolute atomic E-state index is 0.336. The number of pyridine rings is 1. The van der Waals surface area contributed by atoms with Crippen molar-refractivity contribution in [3.05, 3.63) is 36.4 Å².